The number of phenols is 3. The number of nitrogens with zero attached hydrogens (tertiary/aromatic N) is 1. The first-order valence-corrected chi connectivity index (χ1v) is 26.4. The zero-order valence-corrected chi connectivity index (χ0v) is 47.5. The van der Waals surface area contributed by atoms with E-state index in [2.05, 4.69) is 5.32 Å². The van der Waals surface area contributed by atoms with Crippen LogP contribution in [0.15, 0.2) is 54.6 Å². The molecule has 2 heterocycles. The molecule has 4 aliphatic rings. The number of carbonyl (C=O) groups excluding carboxylic acids is 9. The number of amides is 2. The molecule has 2 aliphatic carbocycles. The van der Waals surface area contributed by atoms with Crippen molar-refractivity contribution in [3.63, 3.8) is 0 Å². The maximum absolute atomic E-state index is 14.4. The SMILES string of the molecule is COC(=O)[C@@H](C)NC(=O)c1c(C)cc2c(c1O)-c1c(cc3c(c1O)C(=O)c1cc(OC)cc(O)c1C3=O)[C@H](O)[C@H]2O[C@@H]1O[C@H](C)[C@H](N(C)C(=O)OCc2ccccc2)[C@H](O[C@@H]2O[C@H](COC(C)=O)[C@@H](OC(C)=O)[C@H](OC(C)=O)[C@H]2OC(C)=O)[C@H]1O. The number of aromatic hydroxyl groups is 3. The number of hydrogen-bond donors (Lipinski definition) is 6. The lowest BCUT2D eigenvalue weighted by atomic mass is 9.74. The van der Waals surface area contributed by atoms with Crippen LogP contribution in [0.2, 0.25) is 0 Å². The molecule has 4 aromatic carbocycles. The Morgan fingerprint density at radius 1 is 0.694 bits per heavy atom. The Morgan fingerprint density at radius 3 is 1.93 bits per heavy atom. The van der Waals surface area contributed by atoms with Crippen molar-refractivity contribution in [2.75, 3.05) is 27.9 Å². The third-order valence-corrected chi connectivity index (χ3v) is 14.7. The van der Waals surface area contributed by atoms with E-state index in [1.165, 1.54) is 41.0 Å². The largest absolute Gasteiger partial charge is 0.507 e. The maximum atomic E-state index is 14.4. The number of fused-ring (bicyclic) bond motifs is 5. The van der Waals surface area contributed by atoms with Crippen molar-refractivity contribution >= 4 is 53.4 Å². The second-order valence-electron chi connectivity index (χ2n) is 20.5. The molecule has 0 aromatic heterocycles. The van der Waals surface area contributed by atoms with Gasteiger partial charge in [0.1, 0.15) is 72.8 Å². The Hall–Kier alpha value is -8.73. The molecule has 85 heavy (non-hydrogen) atoms. The van der Waals surface area contributed by atoms with Gasteiger partial charge in [-0.25, -0.2) is 9.59 Å². The predicted molar refractivity (Wildman–Crippen MR) is 285 cm³/mol. The maximum Gasteiger partial charge on any atom is 0.410 e. The van der Waals surface area contributed by atoms with Crippen LogP contribution in [0.25, 0.3) is 11.1 Å². The summed E-state index contributed by atoms with van der Waals surface area (Å²) in [6.07, 6.45) is -21.3. The van der Waals surface area contributed by atoms with Gasteiger partial charge < -0.3 is 87.9 Å². The number of carbonyl (C=O) groups is 9. The molecule has 0 saturated carbocycles. The van der Waals surface area contributed by atoms with Crippen LogP contribution in [-0.4, -0.2) is 179 Å². The topological polar surface area (TPSA) is 372 Å². The summed E-state index contributed by atoms with van der Waals surface area (Å²) in [5.74, 6) is -10.2. The first-order valence-electron chi connectivity index (χ1n) is 26.4. The number of aryl methyl sites for hydroxylation is 1. The minimum Gasteiger partial charge on any atom is -0.507 e. The van der Waals surface area contributed by atoms with Crippen molar-refractivity contribution in [3.05, 3.63) is 105 Å². The molecular weight excluding hydrogens is 1120 g/mol. The van der Waals surface area contributed by atoms with Gasteiger partial charge in [-0.15, -0.1) is 0 Å². The van der Waals surface area contributed by atoms with Crippen LogP contribution in [-0.2, 0) is 77.9 Å². The number of aliphatic hydroxyl groups excluding tert-OH is 2. The quantitative estimate of drug-likeness (QED) is 0.0610. The number of likely N-dealkylation sites (N-methyl/N-ethyl adjacent to an activating group) is 1. The van der Waals surface area contributed by atoms with Crippen LogP contribution in [0.3, 0.4) is 0 Å². The second kappa shape index (κ2) is 25.2. The fourth-order valence-electron chi connectivity index (χ4n) is 10.9. The zero-order valence-electron chi connectivity index (χ0n) is 47.5. The first-order chi connectivity index (χ1) is 40.2. The van der Waals surface area contributed by atoms with Crippen molar-refractivity contribution in [2.45, 2.75) is 135 Å². The number of hydrogen-bond acceptors (Lipinski definition) is 25. The molecule has 6 N–H and O–H groups in total. The molecule has 0 bridgehead atoms. The molecule has 2 fully saturated rings. The number of methoxy groups -OCH3 is 2. The normalized spacial score (nSPS) is 25.0. The number of aliphatic hydroxyl groups is 2. The third kappa shape index (κ3) is 12.3. The van der Waals surface area contributed by atoms with E-state index in [9.17, 15) is 68.7 Å². The highest BCUT2D eigenvalue weighted by Gasteiger charge is 2.57. The van der Waals surface area contributed by atoms with Gasteiger partial charge in [-0.05, 0) is 55.2 Å². The number of nitrogens with one attached hydrogen (secondary N) is 1. The molecule has 454 valence electrons. The van der Waals surface area contributed by atoms with E-state index in [1.54, 1.807) is 30.3 Å². The summed E-state index contributed by atoms with van der Waals surface area (Å²) in [6, 6.07) is 10.3. The second-order valence-corrected chi connectivity index (χ2v) is 20.5. The van der Waals surface area contributed by atoms with Crippen LogP contribution < -0.4 is 10.1 Å². The fraction of sp³-hybridized carbons (Fsp3) is 0.431. The minimum absolute atomic E-state index is 0.0305. The van der Waals surface area contributed by atoms with Gasteiger partial charge in [-0.2, -0.15) is 0 Å². The highest BCUT2D eigenvalue weighted by molar-refractivity contribution is 6.31. The summed E-state index contributed by atoms with van der Waals surface area (Å²) in [4.78, 5) is 121. The number of phenolic OH excluding ortho intramolecular Hbond substituents is 3. The van der Waals surface area contributed by atoms with Crippen LogP contribution in [0.4, 0.5) is 4.79 Å². The molecule has 2 saturated heterocycles. The minimum atomic E-state index is -2.19. The Bertz CT molecular complexity index is 3350. The van der Waals surface area contributed by atoms with Gasteiger partial charge in [0.15, 0.2) is 42.5 Å². The van der Waals surface area contributed by atoms with Crippen LogP contribution in [0.5, 0.6) is 23.0 Å². The summed E-state index contributed by atoms with van der Waals surface area (Å²) < 4.78 is 63.5. The lowest BCUT2D eigenvalue weighted by molar-refractivity contribution is -0.357. The van der Waals surface area contributed by atoms with Gasteiger partial charge in [0, 0.05) is 63.1 Å². The Labute approximate surface area is 484 Å². The smallest absolute Gasteiger partial charge is 0.410 e. The molecule has 0 unspecified atom stereocenters. The van der Waals surface area contributed by atoms with Crippen molar-refractivity contribution in [1.29, 1.82) is 0 Å². The van der Waals surface area contributed by atoms with Crippen LogP contribution in [0.1, 0.15) is 118 Å². The van der Waals surface area contributed by atoms with Gasteiger partial charge in [0.2, 0.25) is 0 Å². The van der Waals surface area contributed by atoms with E-state index in [1.807, 2.05) is 0 Å². The lowest BCUT2D eigenvalue weighted by Gasteiger charge is -2.50. The average Bonchev–Trinajstić information content (AvgIpc) is 0.749. The van der Waals surface area contributed by atoms with Gasteiger partial charge in [0.05, 0.1) is 43.1 Å². The van der Waals surface area contributed by atoms with Crippen LogP contribution >= 0.6 is 0 Å². The molecule has 13 atom stereocenters. The van der Waals surface area contributed by atoms with Gasteiger partial charge >= 0.3 is 35.9 Å². The number of esters is 5. The molecular formula is C58H62N2O25. The summed E-state index contributed by atoms with van der Waals surface area (Å²) in [5.41, 5.74) is -3.55. The van der Waals surface area contributed by atoms with Gasteiger partial charge in [-0.3, -0.25) is 33.6 Å². The number of ether oxygens (including phenoxy) is 11. The van der Waals surface area contributed by atoms with Gasteiger partial charge in [0.25, 0.3) is 5.91 Å². The van der Waals surface area contributed by atoms with E-state index < -0.39 is 196 Å². The van der Waals surface area contributed by atoms with E-state index in [0.29, 0.717) is 5.56 Å². The number of rotatable bonds is 16. The van der Waals surface area contributed by atoms with Crippen molar-refractivity contribution in [3.8, 4) is 34.1 Å². The van der Waals surface area contributed by atoms with E-state index in [4.69, 9.17) is 52.1 Å². The Kier molecular flexibility index (Phi) is 18.5. The molecule has 27 heteroatoms. The van der Waals surface area contributed by atoms with Crippen molar-refractivity contribution in [2.24, 2.45) is 0 Å². The zero-order chi connectivity index (χ0) is 62.2. The monoisotopic (exact) mass is 1190 g/mol. The Balaban J connectivity index is 1.27. The predicted octanol–water partition coefficient (Wildman–Crippen LogP) is 3.17. The molecule has 27 nitrogen and oxygen atoms in total. The summed E-state index contributed by atoms with van der Waals surface area (Å²) in [5, 5.41) is 63.8. The Morgan fingerprint density at radius 2 is 1.31 bits per heavy atom. The lowest BCUT2D eigenvalue weighted by Crippen LogP contribution is -2.68. The molecule has 0 radical (unpaired) electrons. The standard InChI is InChI=1S/C58H62N2O25/c1-22-16-34-40(46(69)37(22)54(72)59-23(2)55(73)76-10)39-32(19-33-41(47(39)70)44(67)31-17-30(75-9)18-35(65)38(31)43(33)66)45(68)49(34)84-56-48(71)51(42(24(3)79-56)60(8)58(74)78-20-29-14-12-11-13-15-29)85-57-53(82-28(7)64)52(81-27(6)63)50(80-26(5)62)36(83-57)21-77-25(4)61/h11-19,23-24,36,42,45,48-53,56-57,65,68-71H,20-21H2,1-10H3,(H,59,72)/t23-,24-,36-,42+,45+,48-,49+,50-,51+,52+,53-,56+,57+/m1/s1. The molecule has 8 rings (SSSR count). The average molecular weight is 1190 g/mol. The van der Waals surface area contributed by atoms with Crippen molar-refractivity contribution < 1.29 is 121 Å². The number of benzene rings is 4. The molecule has 2 amide bonds. The van der Waals surface area contributed by atoms with Crippen LogP contribution in [0, 0.1) is 6.92 Å². The van der Waals surface area contributed by atoms with Gasteiger partial charge in [-0.1, -0.05) is 36.4 Å². The summed E-state index contributed by atoms with van der Waals surface area (Å²) >= 11 is 0. The number of ketones is 2. The summed E-state index contributed by atoms with van der Waals surface area (Å²) in [7, 11) is 3.60. The summed E-state index contributed by atoms with van der Waals surface area (Å²) in [6.45, 7) is 7.21. The van der Waals surface area contributed by atoms with E-state index >= 15 is 0 Å². The van der Waals surface area contributed by atoms with Crippen molar-refractivity contribution in [1.82, 2.24) is 10.2 Å². The van der Waals surface area contributed by atoms with E-state index in [0.717, 1.165) is 57.9 Å². The molecule has 0 spiro atoms. The molecule has 4 aromatic rings. The highest BCUT2D eigenvalue weighted by atomic mass is 16.8. The first kappa shape index (κ1) is 62.3. The highest BCUT2D eigenvalue weighted by Crippen LogP contribution is 2.57. The third-order valence-electron chi connectivity index (χ3n) is 14.7. The van der Waals surface area contributed by atoms with E-state index in [-0.39, 0.29) is 29.0 Å². The molecule has 2 aliphatic heterocycles. The fourth-order valence-corrected chi connectivity index (χ4v) is 10.9.